The maximum Gasteiger partial charge on any atom is 0.255 e. The summed E-state index contributed by atoms with van der Waals surface area (Å²) in [6, 6.07) is -0.444. The number of ketones is 2. The number of likely N-dealkylation sites (N-methyl/N-ethyl adjacent to an activating group) is 1. The lowest BCUT2D eigenvalue weighted by molar-refractivity contribution is -0.148. The Balaban J connectivity index is 1.80. The zero-order valence-corrected chi connectivity index (χ0v) is 21.3. The number of carbonyl (C=O) groups excluding carboxylic acids is 4. The van der Waals surface area contributed by atoms with Crippen LogP contribution in [0.1, 0.15) is 22.3 Å². The number of hydrogen-bond acceptors (Lipinski definition) is 10. The van der Waals surface area contributed by atoms with E-state index in [9.17, 15) is 48.4 Å². The highest BCUT2D eigenvalue weighted by molar-refractivity contribution is 6.25. The van der Waals surface area contributed by atoms with E-state index in [0.29, 0.717) is 0 Å². The van der Waals surface area contributed by atoms with Gasteiger partial charge in [0.05, 0.1) is 30.4 Å². The van der Waals surface area contributed by atoms with Crippen molar-refractivity contribution in [1.82, 2.24) is 10.2 Å². The van der Waals surface area contributed by atoms with Gasteiger partial charge in [-0.05, 0) is 32.9 Å². The second-order valence-electron chi connectivity index (χ2n) is 10.1. The van der Waals surface area contributed by atoms with Crippen molar-refractivity contribution in [1.29, 1.82) is 0 Å². The van der Waals surface area contributed by atoms with Gasteiger partial charge in [-0.3, -0.25) is 24.1 Å². The van der Waals surface area contributed by atoms with E-state index < -0.39 is 112 Å². The van der Waals surface area contributed by atoms with E-state index in [1.807, 2.05) is 0 Å². The first kappa shape index (κ1) is 29.0. The van der Waals surface area contributed by atoms with Crippen LogP contribution in [0.3, 0.4) is 0 Å². The van der Waals surface area contributed by atoms with Crippen LogP contribution in [0, 0.1) is 17.7 Å². The molecule has 0 aromatic heterocycles. The third-order valence-electron chi connectivity index (χ3n) is 7.53. The van der Waals surface area contributed by atoms with Crippen LogP contribution in [0.25, 0.3) is 0 Å². The van der Waals surface area contributed by atoms with Crippen molar-refractivity contribution >= 4 is 29.1 Å². The summed E-state index contributed by atoms with van der Waals surface area (Å²) in [5.41, 5.74) is -0.507. The number of hydrogen-bond donors (Lipinski definition) is 7. The van der Waals surface area contributed by atoms with E-state index in [-0.39, 0.29) is 18.4 Å². The second-order valence-corrected chi connectivity index (χ2v) is 10.1. The Bertz CT molecular complexity index is 1390. The molecule has 0 unspecified atom stereocenters. The van der Waals surface area contributed by atoms with Gasteiger partial charge in [-0.25, -0.2) is 13.2 Å². The summed E-state index contributed by atoms with van der Waals surface area (Å²) < 4.78 is 39.8. The number of primary amides is 1. The zero-order valence-electron chi connectivity index (χ0n) is 21.3. The molecule has 40 heavy (non-hydrogen) atoms. The van der Waals surface area contributed by atoms with Gasteiger partial charge in [-0.15, -0.1) is 0 Å². The van der Waals surface area contributed by atoms with Crippen molar-refractivity contribution in [2.75, 3.05) is 32.5 Å². The van der Waals surface area contributed by atoms with Crippen molar-refractivity contribution < 1.29 is 52.8 Å². The molecule has 3 aliphatic rings. The lowest BCUT2D eigenvalue weighted by atomic mass is 9.58. The summed E-state index contributed by atoms with van der Waals surface area (Å²) in [6.07, 6.45) is -3.24. The average Bonchev–Trinajstić information content (AvgIpc) is 2.83. The van der Waals surface area contributed by atoms with Gasteiger partial charge in [-0.2, -0.15) is 0 Å². The highest BCUT2D eigenvalue weighted by Gasteiger charge is 2.63. The Hall–Kier alpha value is -3.95. The number of amides is 2. The number of rotatable bonds is 7. The van der Waals surface area contributed by atoms with E-state index in [1.165, 1.54) is 19.0 Å². The Labute approximate surface area is 224 Å². The molecule has 0 fully saturated rings. The van der Waals surface area contributed by atoms with Crippen molar-refractivity contribution in [3.8, 4) is 5.75 Å². The number of nitrogens with two attached hydrogens (primary N) is 1. The number of carbonyl (C=O) groups is 4. The predicted octanol–water partition coefficient (Wildman–Crippen LogP) is 0.0529. The molecule has 0 saturated carbocycles. The first-order valence-corrected chi connectivity index (χ1v) is 12.1. The van der Waals surface area contributed by atoms with E-state index in [2.05, 4.69) is 10.6 Å². The molecule has 4 rings (SSSR count). The third-order valence-corrected chi connectivity index (χ3v) is 7.53. The molecular formula is C25H27F3N4O8. The number of allylic oxidation sites excluding steroid dienone is 1. The number of halogens is 3. The van der Waals surface area contributed by atoms with Crippen LogP contribution in [0.4, 0.5) is 18.9 Å². The van der Waals surface area contributed by atoms with Gasteiger partial charge in [-0.1, -0.05) is 0 Å². The van der Waals surface area contributed by atoms with E-state index >= 15 is 4.39 Å². The monoisotopic (exact) mass is 568 g/mol. The van der Waals surface area contributed by atoms with Gasteiger partial charge in [0.2, 0.25) is 11.7 Å². The molecule has 3 aliphatic carbocycles. The van der Waals surface area contributed by atoms with E-state index in [0.717, 1.165) is 6.07 Å². The van der Waals surface area contributed by atoms with Crippen LogP contribution in [0.5, 0.6) is 5.75 Å². The van der Waals surface area contributed by atoms with Crippen LogP contribution in [-0.2, 0) is 20.8 Å². The molecule has 0 aliphatic heterocycles. The van der Waals surface area contributed by atoms with Crippen molar-refractivity contribution in [2.24, 2.45) is 17.6 Å². The summed E-state index contributed by atoms with van der Waals surface area (Å²) >= 11 is 0. The number of fused-ring (bicyclic) bond motifs is 3. The lowest BCUT2D eigenvalue weighted by Crippen LogP contribution is -2.63. The number of aliphatic hydroxyl groups is 3. The first-order chi connectivity index (χ1) is 18.6. The van der Waals surface area contributed by atoms with Gasteiger partial charge in [0.25, 0.3) is 12.3 Å². The first-order valence-electron chi connectivity index (χ1n) is 12.1. The smallest absolute Gasteiger partial charge is 0.255 e. The number of benzene rings is 1. The number of aromatic hydroxyl groups is 1. The predicted molar refractivity (Wildman–Crippen MR) is 131 cm³/mol. The van der Waals surface area contributed by atoms with Crippen LogP contribution in [-0.4, -0.2) is 94.0 Å². The minimum atomic E-state index is -2.86. The standard InChI is InChI=1S/C25H27F3N4O8/c1-32(2)18-10-4-8-3-9-11(26)5-12(31-14(33)7-30-6-13(27)28)19(34)16(9)20(35)15(8)22(37)25(10,40)23(38)17(21(18)36)24(29)39/h5,8,10,13,18,30,34,36-37,40H,3-4,6-7H2,1-2H3,(H2,29,39)(H,31,33)/t8-,10-,18-,25-/m0/s1. The molecule has 1 aromatic rings. The molecule has 8 N–H and O–H groups in total. The summed E-state index contributed by atoms with van der Waals surface area (Å²) in [5, 5.41) is 48.6. The lowest BCUT2D eigenvalue weighted by Gasteiger charge is -2.50. The molecule has 216 valence electrons. The molecule has 2 amide bonds. The third kappa shape index (κ3) is 4.39. The van der Waals surface area contributed by atoms with Crippen molar-refractivity contribution in [3.05, 3.63) is 45.7 Å². The average molecular weight is 569 g/mol. The molecule has 12 nitrogen and oxygen atoms in total. The summed E-state index contributed by atoms with van der Waals surface area (Å²) in [6.45, 7) is -1.41. The number of Topliss-reactive ketones (excluding diaryl/α,β-unsaturated/α-hetero) is 2. The van der Waals surface area contributed by atoms with Gasteiger partial charge in [0.15, 0.2) is 17.1 Å². The molecule has 0 bridgehead atoms. The van der Waals surface area contributed by atoms with Gasteiger partial charge < -0.3 is 36.8 Å². The number of aliphatic hydroxyl groups excluding tert-OH is 2. The number of phenolic OH excluding ortho intramolecular Hbond substituents is 1. The fraction of sp³-hybridized carbons (Fsp3) is 0.440. The van der Waals surface area contributed by atoms with E-state index in [4.69, 9.17) is 5.73 Å². The molecule has 0 saturated heterocycles. The van der Waals surface area contributed by atoms with Crippen LogP contribution in [0.2, 0.25) is 0 Å². The normalized spacial score (nSPS) is 26.1. The topological polar surface area (TPSA) is 203 Å². The molecular weight excluding hydrogens is 541 g/mol. The zero-order chi connectivity index (χ0) is 29.8. The maximum absolute atomic E-state index is 15.2. The molecule has 0 heterocycles. The molecule has 15 heteroatoms. The van der Waals surface area contributed by atoms with Crippen LogP contribution >= 0.6 is 0 Å². The summed E-state index contributed by atoms with van der Waals surface area (Å²) in [7, 11) is 2.95. The number of alkyl halides is 2. The number of anilines is 1. The van der Waals surface area contributed by atoms with Crippen LogP contribution < -0.4 is 16.4 Å². The number of nitrogens with zero attached hydrogens (tertiary/aromatic N) is 1. The largest absolute Gasteiger partial charge is 0.510 e. The SMILES string of the molecule is CN(C)[C@@H]1C(O)=C(C(N)=O)C(=O)[C@@]2(O)C(O)=C3C(=O)c4c(O)c(NC(=O)CNCC(F)F)cc(F)c4C[C@H]3C[C@@H]12. The minimum absolute atomic E-state index is 0.222. The molecule has 4 atom stereocenters. The fourth-order valence-corrected chi connectivity index (χ4v) is 5.86. The molecule has 0 spiro atoms. The van der Waals surface area contributed by atoms with Crippen LogP contribution in [0.15, 0.2) is 28.7 Å². The molecule has 1 aromatic carbocycles. The summed E-state index contributed by atoms with van der Waals surface area (Å²) in [4.78, 5) is 52.4. The van der Waals surface area contributed by atoms with Gasteiger partial charge >= 0.3 is 0 Å². The fourth-order valence-electron chi connectivity index (χ4n) is 5.86. The Morgan fingerprint density at radius 1 is 1.23 bits per heavy atom. The number of nitrogens with one attached hydrogen (secondary N) is 2. The highest BCUT2D eigenvalue weighted by Crippen LogP contribution is 2.53. The van der Waals surface area contributed by atoms with Crippen molar-refractivity contribution in [2.45, 2.75) is 30.9 Å². The summed E-state index contributed by atoms with van der Waals surface area (Å²) in [5.74, 6) is -10.9. The maximum atomic E-state index is 15.2. The Morgan fingerprint density at radius 3 is 2.45 bits per heavy atom. The second kappa shape index (κ2) is 10.2. The Kier molecular flexibility index (Phi) is 7.42. The highest BCUT2D eigenvalue weighted by atomic mass is 19.3. The Morgan fingerprint density at radius 2 is 1.88 bits per heavy atom. The van der Waals surface area contributed by atoms with Crippen molar-refractivity contribution in [3.63, 3.8) is 0 Å². The van der Waals surface area contributed by atoms with Gasteiger partial charge in [0, 0.05) is 23.1 Å². The minimum Gasteiger partial charge on any atom is -0.510 e. The van der Waals surface area contributed by atoms with E-state index in [1.54, 1.807) is 0 Å². The van der Waals surface area contributed by atoms with Gasteiger partial charge in [0.1, 0.15) is 22.9 Å². The molecule has 0 radical (unpaired) electrons. The quantitative estimate of drug-likeness (QED) is 0.174. The number of phenols is 1.